The Labute approximate surface area is 163 Å². The first kappa shape index (κ1) is 17.4. The molecule has 1 N–H and O–H groups in total. The fraction of sp³-hybridized carbons (Fsp3) is 0.560. The molecule has 6 rings (SSSR count). The molecule has 2 aromatic rings. The first-order valence-electron chi connectivity index (χ1n) is 10.9. The lowest BCUT2D eigenvalue weighted by molar-refractivity contribution is -0.0143. The zero-order valence-corrected chi connectivity index (χ0v) is 16.7. The highest BCUT2D eigenvalue weighted by Crippen LogP contribution is 2.53. The fourth-order valence-corrected chi connectivity index (χ4v) is 6.30. The smallest absolute Gasteiger partial charge is 0.0547 e. The van der Waals surface area contributed by atoms with Crippen molar-refractivity contribution in [3.8, 4) is 11.1 Å². The van der Waals surface area contributed by atoms with Crippen LogP contribution in [0.2, 0.25) is 0 Å². The average Bonchev–Trinajstić information content (AvgIpc) is 2.67. The van der Waals surface area contributed by atoms with Gasteiger partial charge in [0.25, 0.3) is 0 Å². The van der Waals surface area contributed by atoms with Crippen LogP contribution >= 0.6 is 0 Å². The summed E-state index contributed by atoms with van der Waals surface area (Å²) in [6.07, 6.45) is 9.39. The minimum atomic E-state index is 0.581. The van der Waals surface area contributed by atoms with Crippen LogP contribution in [0.25, 0.3) is 11.1 Å². The number of benzene rings is 1. The van der Waals surface area contributed by atoms with Gasteiger partial charge < -0.3 is 5.32 Å². The van der Waals surface area contributed by atoms with E-state index in [9.17, 15) is 0 Å². The SMILES string of the molecule is CC(C)c1ccc(-c2ccnc(CNC3C4CC5CC(C4)CC3C5)c2)cc1. The predicted molar refractivity (Wildman–Crippen MR) is 111 cm³/mol. The van der Waals surface area contributed by atoms with Gasteiger partial charge in [0, 0.05) is 18.8 Å². The summed E-state index contributed by atoms with van der Waals surface area (Å²) >= 11 is 0. The molecular formula is C25H32N2. The number of rotatable bonds is 5. The van der Waals surface area contributed by atoms with Crippen LogP contribution in [-0.2, 0) is 6.54 Å². The molecule has 4 fully saturated rings. The number of pyridine rings is 1. The minimum absolute atomic E-state index is 0.581. The molecule has 0 radical (unpaired) electrons. The highest BCUT2D eigenvalue weighted by Gasteiger charge is 2.47. The highest BCUT2D eigenvalue weighted by atomic mass is 15.0. The lowest BCUT2D eigenvalue weighted by Crippen LogP contribution is -2.54. The lowest BCUT2D eigenvalue weighted by Gasteiger charge is -2.54. The predicted octanol–water partition coefficient (Wildman–Crippen LogP) is 5.79. The molecule has 0 amide bonds. The van der Waals surface area contributed by atoms with Crippen molar-refractivity contribution in [2.24, 2.45) is 23.7 Å². The summed E-state index contributed by atoms with van der Waals surface area (Å²) in [6.45, 7) is 5.40. The van der Waals surface area contributed by atoms with Gasteiger partial charge >= 0.3 is 0 Å². The van der Waals surface area contributed by atoms with Crippen molar-refractivity contribution in [3.63, 3.8) is 0 Å². The topological polar surface area (TPSA) is 24.9 Å². The van der Waals surface area contributed by atoms with Gasteiger partial charge in [0.2, 0.25) is 0 Å². The van der Waals surface area contributed by atoms with E-state index in [4.69, 9.17) is 0 Å². The third kappa shape index (κ3) is 3.45. The summed E-state index contributed by atoms with van der Waals surface area (Å²) in [6, 6.07) is 14.2. The van der Waals surface area contributed by atoms with Gasteiger partial charge in [-0.3, -0.25) is 4.98 Å². The van der Waals surface area contributed by atoms with Crippen LogP contribution in [0.5, 0.6) is 0 Å². The lowest BCUT2D eigenvalue weighted by atomic mass is 9.54. The van der Waals surface area contributed by atoms with E-state index in [0.29, 0.717) is 5.92 Å². The van der Waals surface area contributed by atoms with Crippen LogP contribution < -0.4 is 5.32 Å². The molecule has 0 unspecified atom stereocenters. The highest BCUT2D eigenvalue weighted by molar-refractivity contribution is 5.63. The maximum absolute atomic E-state index is 4.65. The molecule has 1 heterocycles. The van der Waals surface area contributed by atoms with Crippen LogP contribution in [0.15, 0.2) is 42.6 Å². The van der Waals surface area contributed by atoms with Crippen molar-refractivity contribution in [2.75, 3.05) is 0 Å². The third-order valence-corrected chi connectivity index (χ3v) is 7.47. The third-order valence-electron chi connectivity index (χ3n) is 7.47. The molecule has 27 heavy (non-hydrogen) atoms. The molecule has 1 aromatic carbocycles. The molecule has 2 heteroatoms. The molecule has 0 aliphatic heterocycles. The van der Waals surface area contributed by atoms with E-state index in [-0.39, 0.29) is 0 Å². The van der Waals surface area contributed by atoms with Gasteiger partial charge in [-0.2, -0.15) is 0 Å². The summed E-state index contributed by atoms with van der Waals surface area (Å²) in [7, 11) is 0. The molecule has 1 aromatic heterocycles. The average molecular weight is 361 g/mol. The maximum Gasteiger partial charge on any atom is 0.0547 e. The van der Waals surface area contributed by atoms with Crippen LogP contribution in [0.3, 0.4) is 0 Å². The molecular weight excluding hydrogens is 328 g/mol. The minimum Gasteiger partial charge on any atom is -0.308 e. The van der Waals surface area contributed by atoms with Crippen molar-refractivity contribution in [2.45, 2.75) is 64.5 Å². The van der Waals surface area contributed by atoms with E-state index in [2.05, 4.69) is 60.5 Å². The normalized spacial score (nSPS) is 31.6. The Morgan fingerprint density at radius 3 is 2.19 bits per heavy atom. The van der Waals surface area contributed by atoms with Crippen molar-refractivity contribution in [3.05, 3.63) is 53.9 Å². The molecule has 2 nitrogen and oxygen atoms in total. The standard InChI is InChI=1S/C25H32N2/c1-16(2)19-3-5-20(6-4-19)21-7-8-26-24(14-21)15-27-25-22-10-17-9-18(12-22)13-23(25)11-17/h3-8,14,16-18,22-23,25,27H,9-13,15H2,1-2H3. The van der Waals surface area contributed by atoms with E-state index in [1.807, 2.05) is 6.20 Å². The molecule has 4 aliphatic carbocycles. The molecule has 4 aliphatic rings. The van der Waals surface area contributed by atoms with Gasteiger partial charge in [-0.15, -0.1) is 0 Å². The number of hydrogen-bond acceptors (Lipinski definition) is 2. The van der Waals surface area contributed by atoms with Crippen LogP contribution in [0, 0.1) is 23.7 Å². The van der Waals surface area contributed by atoms with Gasteiger partial charge in [-0.1, -0.05) is 38.1 Å². The zero-order chi connectivity index (χ0) is 18.4. The number of nitrogens with one attached hydrogen (secondary N) is 1. The van der Waals surface area contributed by atoms with Crippen molar-refractivity contribution >= 4 is 0 Å². The molecule has 0 atom stereocenters. The van der Waals surface area contributed by atoms with Gasteiger partial charge in [0.1, 0.15) is 0 Å². The molecule has 4 bridgehead atoms. The molecule has 4 saturated carbocycles. The molecule has 0 saturated heterocycles. The Morgan fingerprint density at radius 1 is 0.889 bits per heavy atom. The van der Waals surface area contributed by atoms with Crippen molar-refractivity contribution < 1.29 is 0 Å². The Bertz CT molecular complexity index is 764. The van der Waals surface area contributed by atoms with Crippen LogP contribution in [0.1, 0.15) is 63.1 Å². The van der Waals surface area contributed by atoms with Gasteiger partial charge in [0.05, 0.1) is 5.69 Å². The number of hydrogen-bond donors (Lipinski definition) is 1. The van der Waals surface area contributed by atoms with E-state index in [1.165, 1.54) is 54.5 Å². The number of aromatic nitrogens is 1. The second-order valence-corrected chi connectivity index (χ2v) is 9.65. The van der Waals surface area contributed by atoms with Crippen molar-refractivity contribution in [1.29, 1.82) is 0 Å². The van der Waals surface area contributed by atoms with Crippen LogP contribution in [0.4, 0.5) is 0 Å². The fourth-order valence-electron chi connectivity index (χ4n) is 6.30. The van der Waals surface area contributed by atoms with Crippen molar-refractivity contribution in [1.82, 2.24) is 10.3 Å². The summed E-state index contributed by atoms with van der Waals surface area (Å²) in [5.74, 6) is 4.51. The maximum atomic E-state index is 4.65. The first-order chi connectivity index (χ1) is 13.2. The van der Waals surface area contributed by atoms with Gasteiger partial charge in [0.15, 0.2) is 0 Å². The van der Waals surface area contributed by atoms with E-state index in [1.54, 1.807) is 0 Å². The zero-order valence-electron chi connectivity index (χ0n) is 16.7. The summed E-state index contributed by atoms with van der Waals surface area (Å²) in [5.41, 5.74) is 5.14. The van der Waals surface area contributed by atoms with E-state index in [0.717, 1.165) is 36.3 Å². The second-order valence-electron chi connectivity index (χ2n) is 9.65. The number of nitrogens with zero attached hydrogens (tertiary/aromatic N) is 1. The van der Waals surface area contributed by atoms with Gasteiger partial charge in [-0.25, -0.2) is 0 Å². The van der Waals surface area contributed by atoms with Crippen LogP contribution in [-0.4, -0.2) is 11.0 Å². The summed E-state index contributed by atoms with van der Waals surface area (Å²) in [4.78, 5) is 4.65. The Kier molecular flexibility index (Phi) is 4.55. The monoisotopic (exact) mass is 360 g/mol. The summed E-state index contributed by atoms with van der Waals surface area (Å²) < 4.78 is 0. The van der Waals surface area contributed by atoms with E-state index >= 15 is 0 Å². The quantitative estimate of drug-likeness (QED) is 0.730. The second kappa shape index (κ2) is 7.05. The molecule has 142 valence electrons. The Balaban J connectivity index is 1.27. The Hall–Kier alpha value is -1.67. The summed E-state index contributed by atoms with van der Waals surface area (Å²) in [5, 5.41) is 3.92. The van der Waals surface area contributed by atoms with E-state index < -0.39 is 0 Å². The first-order valence-corrected chi connectivity index (χ1v) is 10.9. The largest absolute Gasteiger partial charge is 0.308 e. The Morgan fingerprint density at radius 2 is 1.56 bits per heavy atom. The van der Waals surface area contributed by atoms with Gasteiger partial charge in [-0.05, 0) is 90.5 Å². The molecule has 0 spiro atoms.